The van der Waals surface area contributed by atoms with Gasteiger partial charge in [-0.25, -0.2) is 0 Å². The molecule has 0 radical (unpaired) electrons. The van der Waals surface area contributed by atoms with Gasteiger partial charge in [0.2, 0.25) is 0 Å². The molecule has 0 fully saturated rings. The number of hydrogen-bond acceptors (Lipinski definition) is 1. The summed E-state index contributed by atoms with van der Waals surface area (Å²) in [6.07, 6.45) is 17.8. The highest BCUT2D eigenvalue weighted by atomic mass is 16.1. The second-order valence-corrected chi connectivity index (χ2v) is 5.58. The van der Waals surface area contributed by atoms with Crippen LogP contribution in [0.15, 0.2) is 12.2 Å². The van der Waals surface area contributed by atoms with Crippen LogP contribution in [-0.4, -0.2) is 5.78 Å². The fourth-order valence-corrected chi connectivity index (χ4v) is 2.54. The van der Waals surface area contributed by atoms with E-state index in [1.165, 1.54) is 57.8 Å². The molecule has 0 aromatic carbocycles. The quantitative estimate of drug-likeness (QED) is 0.575. The van der Waals surface area contributed by atoms with E-state index in [2.05, 4.69) is 13.0 Å². The molecule has 1 atom stereocenters. The van der Waals surface area contributed by atoms with Gasteiger partial charge in [-0.3, -0.25) is 4.79 Å². The molecule has 98 valence electrons. The van der Waals surface area contributed by atoms with Crippen LogP contribution in [0.1, 0.15) is 77.6 Å². The van der Waals surface area contributed by atoms with Gasteiger partial charge in [0.05, 0.1) is 0 Å². The van der Waals surface area contributed by atoms with Gasteiger partial charge in [0.15, 0.2) is 5.78 Å². The van der Waals surface area contributed by atoms with Crippen molar-refractivity contribution in [2.24, 2.45) is 5.92 Å². The summed E-state index contributed by atoms with van der Waals surface area (Å²) in [7, 11) is 0. The van der Waals surface area contributed by atoms with Gasteiger partial charge in [0, 0.05) is 6.42 Å². The molecule has 0 N–H and O–H groups in total. The van der Waals surface area contributed by atoms with Crippen LogP contribution in [0, 0.1) is 5.92 Å². The zero-order chi connectivity index (χ0) is 12.3. The topological polar surface area (TPSA) is 17.1 Å². The van der Waals surface area contributed by atoms with Crippen LogP contribution >= 0.6 is 0 Å². The average molecular weight is 236 g/mol. The van der Waals surface area contributed by atoms with Crippen LogP contribution in [0.25, 0.3) is 0 Å². The molecule has 0 aliphatic heterocycles. The van der Waals surface area contributed by atoms with Gasteiger partial charge in [-0.2, -0.15) is 0 Å². The van der Waals surface area contributed by atoms with E-state index in [4.69, 9.17) is 0 Å². The summed E-state index contributed by atoms with van der Waals surface area (Å²) in [4.78, 5) is 11.6. The van der Waals surface area contributed by atoms with Gasteiger partial charge in [0.1, 0.15) is 0 Å². The normalized spacial score (nSPS) is 28.1. The molecule has 0 heterocycles. The second kappa shape index (κ2) is 9.44. The van der Waals surface area contributed by atoms with Crippen molar-refractivity contribution in [3.63, 3.8) is 0 Å². The summed E-state index contributed by atoms with van der Waals surface area (Å²) in [5.74, 6) is 0.893. The molecule has 0 unspecified atom stereocenters. The Balaban J connectivity index is 2.31. The fourth-order valence-electron chi connectivity index (χ4n) is 2.54. The van der Waals surface area contributed by atoms with E-state index in [-0.39, 0.29) is 0 Å². The molecule has 1 aliphatic carbocycles. The standard InChI is InChI=1S/C16H28O/c1-15-12-10-8-6-4-2-3-5-7-9-11-13-16(17)14-15/h11,13,15H,2-10,12,14H2,1H3/b13-11+/t15-/m1/s1. The Morgan fingerprint density at radius 3 is 2.24 bits per heavy atom. The molecule has 1 heteroatoms. The van der Waals surface area contributed by atoms with Crippen molar-refractivity contribution in [3.8, 4) is 0 Å². The van der Waals surface area contributed by atoms with Crippen molar-refractivity contribution in [3.05, 3.63) is 12.2 Å². The summed E-state index contributed by atoms with van der Waals surface area (Å²) in [6, 6.07) is 0. The molecule has 1 rings (SSSR count). The third-order valence-corrected chi connectivity index (χ3v) is 3.67. The van der Waals surface area contributed by atoms with E-state index in [1.807, 2.05) is 6.08 Å². The molecule has 0 amide bonds. The Hall–Kier alpha value is -0.590. The maximum atomic E-state index is 11.6. The molecule has 1 nitrogen and oxygen atoms in total. The van der Waals surface area contributed by atoms with Crippen molar-refractivity contribution in [1.82, 2.24) is 0 Å². The number of carbonyl (C=O) groups excluding carboxylic acids is 1. The first-order valence-electron chi connectivity index (χ1n) is 7.48. The number of rotatable bonds is 0. The third-order valence-electron chi connectivity index (χ3n) is 3.67. The lowest BCUT2D eigenvalue weighted by Crippen LogP contribution is -2.02. The minimum absolute atomic E-state index is 0.326. The molecular weight excluding hydrogens is 208 g/mol. The summed E-state index contributed by atoms with van der Waals surface area (Å²) in [5.41, 5.74) is 0. The van der Waals surface area contributed by atoms with Crippen molar-refractivity contribution >= 4 is 5.78 Å². The highest BCUT2D eigenvalue weighted by molar-refractivity contribution is 5.89. The van der Waals surface area contributed by atoms with E-state index in [1.54, 1.807) is 0 Å². The van der Waals surface area contributed by atoms with Crippen molar-refractivity contribution in [2.45, 2.75) is 77.6 Å². The monoisotopic (exact) mass is 236 g/mol. The Morgan fingerprint density at radius 2 is 1.53 bits per heavy atom. The second-order valence-electron chi connectivity index (χ2n) is 5.58. The predicted octanol–water partition coefficient (Wildman–Crippen LogP) is 5.05. The Bertz CT molecular complexity index is 230. The zero-order valence-electron chi connectivity index (χ0n) is 11.4. The van der Waals surface area contributed by atoms with E-state index >= 15 is 0 Å². The van der Waals surface area contributed by atoms with Crippen LogP contribution in [0.3, 0.4) is 0 Å². The van der Waals surface area contributed by atoms with Crippen LogP contribution in [0.2, 0.25) is 0 Å². The van der Waals surface area contributed by atoms with Crippen molar-refractivity contribution < 1.29 is 4.79 Å². The van der Waals surface area contributed by atoms with Gasteiger partial charge < -0.3 is 0 Å². The smallest absolute Gasteiger partial charge is 0.155 e. The van der Waals surface area contributed by atoms with Crippen molar-refractivity contribution in [1.29, 1.82) is 0 Å². The predicted molar refractivity (Wildman–Crippen MR) is 74.1 cm³/mol. The summed E-state index contributed by atoms with van der Waals surface area (Å²) in [5, 5.41) is 0. The molecule has 17 heavy (non-hydrogen) atoms. The first-order valence-corrected chi connectivity index (χ1v) is 7.48. The lowest BCUT2D eigenvalue weighted by atomic mass is 9.97. The van der Waals surface area contributed by atoms with Crippen molar-refractivity contribution in [2.75, 3.05) is 0 Å². The van der Waals surface area contributed by atoms with Gasteiger partial charge in [-0.05, 0) is 24.8 Å². The fraction of sp³-hybridized carbons (Fsp3) is 0.812. The lowest BCUT2D eigenvalue weighted by Gasteiger charge is -2.08. The van der Waals surface area contributed by atoms with E-state index < -0.39 is 0 Å². The van der Waals surface area contributed by atoms with Crippen LogP contribution < -0.4 is 0 Å². The molecule has 0 bridgehead atoms. The molecular formula is C16H28O. The molecule has 1 aliphatic rings. The minimum atomic E-state index is 0.326. The maximum absolute atomic E-state index is 11.6. The first kappa shape index (κ1) is 14.5. The van der Waals surface area contributed by atoms with E-state index in [0.717, 1.165) is 12.8 Å². The Labute approximate surface area is 107 Å². The summed E-state index contributed by atoms with van der Waals surface area (Å²) in [6.45, 7) is 2.21. The highest BCUT2D eigenvalue weighted by Crippen LogP contribution is 2.16. The number of ketones is 1. The van der Waals surface area contributed by atoms with Crippen LogP contribution in [0.5, 0.6) is 0 Å². The SMILES string of the molecule is C[C@@H]1CCCCCCCCCC/C=C/C(=O)C1. The molecule has 0 spiro atoms. The van der Waals surface area contributed by atoms with E-state index in [9.17, 15) is 4.79 Å². The van der Waals surface area contributed by atoms with Gasteiger partial charge in [-0.1, -0.05) is 64.4 Å². The first-order chi connectivity index (χ1) is 8.29. The van der Waals surface area contributed by atoms with Gasteiger partial charge >= 0.3 is 0 Å². The maximum Gasteiger partial charge on any atom is 0.155 e. The van der Waals surface area contributed by atoms with Crippen LogP contribution in [0.4, 0.5) is 0 Å². The molecule has 0 saturated heterocycles. The number of hydrogen-bond donors (Lipinski definition) is 0. The minimum Gasteiger partial charge on any atom is -0.295 e. The van der Waals surface area contributed by atoms with Gasteiger partial charge in [-0.15, -0.1) is 0 Å². The summed E-state index contributed by atoms with van der Waals surface area (Å²) >= 11 is 0. The number of carbonyl (C=O) groups is 1. The lowest BCUT2D eigenvalue weighted by molar-refractivity contribution is -0.115. The zero-order valence-corrected chi connectivity index (χ0v) is 11.4. The summed E-state index contributed by atoms with van der Waals surface area (Å²) < 4.78 is 0. The third kappa shape index (κ3) is 8.18. The molecule has 0 aromatic rings. The Morgan fingerprint density at radius 1 is 0.941 bits per heavy atom. The Kier molecular flexibility index (Phi) is 8.04. The molecule has 0 saturated carbocycles. The average Bonchev–Trinajstić information content (AvgIpc) is 2.30. The van der Waals surface area contributed by atoms with Gasteiger partial charge in [0.25, 0.3) is 0 Å². The molecule has 0 aromatic heterocycles. The largest absolute Gasteiger partial charge is 0.295 e. The van der Waals surface area contributed by atoms with Crippen LogP contribution in [-0.2, 0) is 4.79 Å². The number of allylic oxidation sites excluding steroid dienone is 2. The van der Waals surface area contributed by atoms with E-state index in [0.29, 0.717) is 11.7 Å². The highest BCUT2D eigenvalue weighted by Gasteiger charge is 2.06.